The van der Waals surface area contributed by atoms with Crippen molar-refractivity contribution in [2.24, 2.45) is 11.5 Å². The number of anilines is 1. The second-order valence-corrected chi connectivity index (χ2v) is 16.6. The van der Waals surface area contributed by atoms with Crippen LogP contribution in [0.1, 0.15) is 71.9 Å². The molecule has 324 valence electrons. The van der Waals surface area contributed by atoms with Gasteiger partial charge in [0.15, 0.2) is 11.1 Å². The zero-order valence-electron chi connectivity index (χ0n) is 34.7. The fourth-order valence-corrected chi connectivity index (χ4v) is 11.3. The monoisotopic (exact) mass is 839 g/mol. The van der Waals surface area contributed by atoms with E-state index in [-0.39, 0.29) is 25.9 Å². The van der Waals surface area contributed by atoms with Crippen molar-refractivity contribution < 1.29 is 48.5 Å². The van der Waals surface area contributed by atoms with Gasteiger partial charge in [-0.3, -0.25) is 39.6 Å². The SMILES string of the molecule is CO[C@@]1(CC(N)=O)Cc2ccc(cc2)[C@]1(C(=O)NC(=O)O)N1CCCC1N(c1cccc(C)c1C)C1CCCN1[C@@]1(C(=O)NC(=O)O)c2ccc(cc2)C[C@]1(CC(N)=O)OC. The number of amides is 6. The van der Waals surface area contributed by atoms with E-state index >= 15 is 9.59 Å². The van der Waals surface area contributed by atoms with E-state index in [1.165, 1.54) is 14.2 Å². The van der Waals surface area contributed by atoms with Crippen LogP contribution in [0.5, 0.6) is 0 Å². The molecular formula is C44H53N7O10. The number of ether oxygens (including phenoxy) is 2. The van der Waals surface area contributed by atoms with Crippen LogP contribution in [-0.4, -0.2) is 107 Å². The maximum Gasteiger partial charge on any atom is 0.411 e. The van der Waals surface area contributed by atoms with Crippen molar-refractivity contribution in [3.63, 3.8) is 0 Å². The van der Waals surface area contributed by atoms with Crippen molar-refractivity contribution in [3.8, 4) is 0 Å². The molecule has 9 rings (SSSR count). The van der Waals surface area contributed by atoms with Gasteiger partial charge in [0.05, 0.1) is 25.2 Å². The third-order valence-corrected chi connectivity index (χ3v) is 13.6. The largest absolute Gasteiger partial charge is 0.465 e. The standard InChI is InChI=1S/C44H53N7O10/c1-26-8-5-9-32(27(26)2)51(35-10-6-20-49(35)43(37(54)47-39(56)57)30-16-12-28(13-17-30)22-41(43,60-3)24-33(45)52)36-11-7-21-50(36)44(38(55)48-40(58)59)31-18-14-29(15-19-31)23-42(44,61-4)25-34(46)53/h5,8-9,12-19,35-36H,6-7,10-11,20-25H2,1-4H3,(H2,45,52)(H2,46,53)(H,47,54)(H,48,55)(H,56,57)(H,58,59)/t35?,36?,41-,42-,43-,44-/m1/s1. The molecule has 2 heterocycles. The summed E-state index contributed by atoms with van der Waals surface area (Å²) in [6.07, 6.45) is -3.78. The first-order valence-electron chi connectivity index (χ1n) is 20.3. The number of likely N-dealkylation sites (tertiary alicyclic amines) is 2. The highest BCUT2D eigenvalue weighted by Crippen LogP contribution is 2.55. The Labute approximate surface area is 353 Å². The van der Waals surface area contributed by atoms with Crippen molar-refractivity contribution in [3.05, 3.63) is 100 Å². The second-order valence-electron chi connectivity index (χ2n) is 16.6. The van der Waals surface area contributed by atoms with Crippen molar-refractivity contribution in [2.75, 3.05) is 32.2 Å². The lowest BCUT2D eigenvalue weighted by Gasteiger charge is -2.58. The first-order chi connectivity index (χ1) is 29.0. The van der Waals surface area contributed by atoms with Crippen LogP contribution in [0.25, 0.3) is 0 Å². The zero-order chi connectivity index (χ0) is 44.1. The summed E-state index contributed by atoms with van der Waals surface area (Å²) in [7, 11) is 2.77. The van der Waals surface area contributed by atoms with Gasteiger partial charge in [0.2, 0.25) is 11.8 Å². The minimum Gasteiger partial charge on any atom is -0.465 e. The summed E-state index contributed by atoms with van der Waals surface area (Å²) in [5.41, 5.74) is 9.30. The second kappa shape index (κ2) is 16.2. The molecule has 0 spiro atoms. The summed E-state index contributed by atoms with van der Waals surface area (Å²) in [4.78, 5) is 87.7. The van der Waals surface area contributed by atoms with Crippen LogP contribution in [0.3, 0.4) is 0 Å². The van der Waals surface area contributed by atoms with E-state index in [1.807, 2.05) is 66.1 Å². The highest BCUT2D eigenvalue weighted by molar-refractivity contribution is 6.01. The number of hydrogen-bond donors (Lipinski definition) is 6. The van der Waals surface area contributed by atoms with Gasteiger partial charge in [-0.05, 0) is 79.0 Å². The summed E-state index contributed by atoms with van der Waals surface area (Å²) >= 11 is 0. The Balaban J connectivity index is 1.53. The molecule has 6 amide bonds. The van der Waals surface area contributed by atoms with Crippen LogP contribution in [0.2, 0.25) is 0 Å². The van der Waals surface area contributed by atoms with Crippen molar-refractivity contribution in [1.29, 1.82) is 0 Å². The molecule has 2 saturated heterocycles. The predicted octanol–water partition coefficient (Wildman–Crippen LogP) is 2.97. The molecule has 61 heavy (non-hydrogen) atoms. The van der Waals surface area contributed by atoms with Crippen molar-refractivity contribution >= 4 is 41.5 Å². The van der Waals surface area contributed by atoms with Crippen LogP contribution in [0, 0.1) is 13.8 Å². The molecule has 0 aromatic heterocycles. The van der Waals surface area contributed by atoms with Gasteiger partial charge in [-0.1, -0.05) is 60.7 Å². The van der Waals surface area contributed by atoms with Crippen LogP contribution in [0.4, 0.5) is 15.3 Å². The number of carbonyl (C=O) groups excluding carboxylic acids is 4. The van der Waals surface area contributed by atoms with Crippen LogP contribution >= 0.6 is 0 Å². The molecule has 3 aromatic carbocycles. The number of benzene rings is 3. The number of hydrogen-bond acceptors (Lipinski definition) is 11. The molecule has 2 unspecified atom stereocenters. The number of nitrogens with two attached hydrogens (primary N) is 2. The van der Waals surface area contributed by atoms with E-state index in [9.17, 15) is 29.4 Å². The van der Waals surface area contributed by atoms with Gasteiger partial charge in [0, 0.05) is 45.8 Å². The summed E-state index contributed by atoms with van der Waals surface area (Å²) in [5, 5.41) is 24.6. The molecule has 4 bridgehead atoms. The predicted molar refractivity (Wildman–Crippen MR) is 221 cm³/mol. The lowest BCUT2D eigenvalue weighted by molar-refractivity contribution is -0.178. The average Bonchev–Trinajstić information content (AvgIpc) is 3.77. The van der Waals surface area contributed by atoms with Gasteiger partial charge in [-0.15, -0.1) is 0 Å². The Hall–Kier alpha value is -5.88. The van der Waals surface area contributed by atoms with Gasteiger partial charge in [0.1, 0.15) is 11.2 Å². The van der Waals surface area contributed by atoms with Gasteiger partial charge in [-0.25, -0.2) is 9.59 Å². The van der Waals surface area contributed by atoms with Crippen LogP contribution in [0.15, 0.2) is 66.7 Å². The summed E-state index contributed by atoms with van der Waals surface area (Å²) in [5.74, 6) is -3.41. The molecule has 6 atom stereocenters. The van der Waals surface area contributed by atoms with Crippen molar-refractivity contribution in [2.45, 2.75) is 99.8 Å². The van der Waals surface area contributed by atoms with E-state index in [0.29, 0.717) is 36.8 Å². The van der Waals surface area contributed by atoms with Crippen molar-refractivity contribution in [1.82, 2.24) is 20.4 Å². The highest BCUT2D eigenvalue weighted by atomic mass is 16.5. The smallest absolute Gasteiger partial charge is 0.411 e. The Morgan fingerprint density at radius 3 is 1.46 bits per heavy atom. The van der Waals surface area contributed by atoms with Crippen LogP contribution < -0.4 is 27.0 Å². The van der Waals surface area contributed by atoms with E-state index in [2.05, 4.69) is 15.5 Å². The average molecular weight is 840 g/mol. The number of nitrogens with one attached hydrogen (secondary N) is 2. The van der Waals surface area contributed by atoms with Crippen LogP contribution in [-0.2, 0) is 52.6 Å². The Morgan fingerprint density at radius 2 is 1.10 bits per heavy atom. The van der Waals surface area contributed by atoms with E-state index < -0.39 is 83.3 Å². The number of methoxy groups -OCH3 is 2. The van der Waals surface area contributed by atoms with Gasteiger partial charge in [-0.2, -0.15) is 0 Å². The maximum absolute atomic E-state index is 15.2. The molecule has 0 radical (unpaired) electrons. The minimum atomic E-state index is -1.99. The number of fused-ring (bicyclic) bond motifs is 8. The summed E-state index contributed by atoms with van der Waals surface area (Å²) in [6.45, 7) is 4.38. The number of carboxylic acid groups (broad SMARTS) is 2. The lowest BCUT2D eigenvalue weighted by atomic mass is 9.69. The van der Waals surface area contributed by atoms with E-state index in [4.69, 9.17) is 20.9 Å². The van der Waals surface area contributed by atoms with E-state index in [0.717, 1.165) is 27.9 Å². The molecule has 4 aliphatic carbocycles. The molecule has 8 N–H and O–H groups in total. The number of aryl methyl sites for hydroxylation is 1. The molecule has 6 aliphatic rings. The lowest BCUT2D eigenvalue weighted by Crippen LogP contribution is -2.75. The zero-order valence-corrected chi connectivity index (χ0v) is 34.7. The molecule has 0 saturated carbocycles. The number of primary amides is 2. The van der Waals surface area contributed by atoms with Gasteiger partial charge in [0.25, 0.3) is 11.8 Å². The number of carbonyl (C=O) groups is 6. The topological polar surface area (TPSA) is 247 Å². The first kappa shape index (κ1) is 43.2. The first-order valence-corrected chi connectivity index (χ1v) is 20.3. The summed E-state index contributed by atoms with van der Waals surface area (Å²) in [6, 6.07) is 20.0. The number of rotatable bonds is 13. The minimum absolute atomic E-state index is 0.0238. The normalized spacial score (nSPS) is 28.2. The Morgan fingerprint density at radius 1 is 0.689 bits per heavy atom. The molecule has 3 aromatic rings. The third-order valence-electron chi connectivity index (χ3n) is 13.6. The molecule has 2 fully saturated rings. The number of nitrogens with zero attached hydrogens (tertiary/aromatic N) is 3. The molecule has 17 heteroatoms. The number of imide groups is 2. The molecular weight excluding hydrogens is 787 g/mol. The van der Waals surface area contributed by atoms with Gasteiger partial charge >= 0.3 is 12.2 Å². The molecule has 2 aliphatic heterocycles. The molecule has 17 nitrogen and oxygen atoms in total. The summed E-state index contributed by atoms with van der Waals surface area (Å²) < 4.78 is 12.7. The quantitative estimate of drug-likeness (QED) is 0.145. The maximum atomic E-state index is 15.2. The Bertz CT molecular complexity index is 2120. The van der Waals surface area contributed by atoms with Gasteiger partial charge < -0.3 is 36.1 Å². The highest BCUT2D eigenvalue weighted by Gasteiger charge is 2.69. The third kappa shape index (κ3) is 6.70. The fourth-order valence-electron chi connectivity index (χ4n) is 11.3. The Kier molecular flexibility index (Phi) is 11.5. The van der Waals surface area contributed by atoms with E-state index in [1.54, 1.807) is 24.3 Å². The fraction of sp³-hybridized carbons (Fsp3) is 0.455.